The number of carbonyl (C=O) groups is 2. The fraction of sp³-hybridized carbons (Fsp3) is 0.857. The van der Waals surface area contributed by atoms with E-state index in [9.17, 15) is 9.59 Å². The van der Waals surface area contributed by atoms with Crippen LogP contribution < -0.4 is 5.32 Å². The predicted molar refractivity (Wildman–Crippen MR) is 71.2 cm³/mol. The Morgan fingerprint density at radius 1 is 1.17 bits per heavy atom. The summed E-state index contributed by atoms with van der Waals surface area (Å²) in [6, 6.07) is 0. The molecule has 2 fully saturated rings. The second-order valence-electron chi connectivity index (χ2n) is 6.10. The van der Waals surface area contributed by atoms with Crippen LogP contribution in [0.25, 0.3) is 0 Å². The molecule has 1 unspecified atom stereocenters. The van der Waals surface area contributed by atoms with Crippen molar-refractivity contribution in [3.05, 3.63) is 0 Å². The van der Waals surface area contributed by atoms with E-state index in [1.54, 1.807) is 0 Å². The number of hydrogen-bond acceptors (Lipinski definition) is 2. The molecule has 100 valence electrons. The summed E-state index contributed by atoms with van der Waals surface area (Å²) in [5.41, 5.74) is 0. The van der Waals surface area contributed by atoms with Crippen molar-refractivity contribution in [2.75, 3.05) is 0 Å². The van der Waals surface area contributed by atoms with Crippen molar-refractivity contribution in [2.24, 2.45) is 11.8 Å². The van der Waals surface area contributed by atoms with Crippen LogP contribution in [0.15, 0.2) is 0 Å². The zero-order valence-electron chi connectivity index (χ0n) is 11.1. The molecule has 1 saturated carbocycles. The molecule has 2 radical (unpaired) electrons. The molecule has 1 atom stereocenters. The Morgan fingerprint density at radius 2 is 1.78 bits per heavy atom. The van der Waals surface area contributed by atoms with E-state index in [1.165, 1.54) is 25.7 Å². The van der Waals surface area contributed by atoms with Crippen LogP contribution >= 0.6 is 0 Å². The normalized spacial score (nSPS) is 38.8. The Hall–Kier alpha value is -0.302. The average Bonchev–Trinajstić information content (AvgIpc) is 2.24. The Kier molecular flexibility index (Phi) is 4.53. The molecule has 1 heterocycles. The summed E-state index contributed by atoms with van der Waals surface area (Å²) >= 11 is 2.83. The summed E-state index contributed by atoms with van der Waals surface area (Å²) in [5, 5.41) is 2.50. The Labute approximate surface area is 118 Å². The predicted octanol–water partition coefficient (Wildman–Crippen LogP) is 2.36. The Morgan fingerprint density at radius 3 is 2.33 bits per heavy atom. The summed E-state index contributed by atoms with van der Waals surface area (Å²) < 4.78 is 0.406. The topological polar surface area (TPSA) is 46.2 Å². The van der Waals surface area contributed by atoms with Crippen LogP contribution in [0.4, 0.5) is 0 Å². The van der Waals surface area contributed by atoms with Gasteiger partial charge in [0, 0.05) is 0 Å². The van der Waals surface area contributed by atoms with Crippen molar-refractivity contribution in [3.63, 3.8) is 0 Å². The van der Waals surface area contributed by atoms with Crippen LogP contribution in [0.5, 0.6) is 0 Å². The number of nitrogens with one attached hydrogen (secondary N) is 1. The van der Waals surface area contributed by atoms with Gasteiger partial charge in [-0.3, -0.25) is 0 Å². The van der Waals surface area contributed by atoms with E-state index >= 15 is 0 Å². The molecule has 4 heteroatoms. The van der Waals surface area contributed by atoms with Gasteiger partial charge in [-0.15, -0.1) is 0 Å². The molecule has 2 rings (SSSR count). The number of amides is 2. The number of rotatable bonds is 1. The molecule has 0 bridgehead atoms. The first-order chi connectivity index (χ1) is 8.48. The van der Waals surface area contributed by atoms with Gasteiger partial charge in [0.15, 0.2) is 0 Å². The first-order valence-electron chi connectivity index (χ1n) is 7.04. The molecular weight excluding hydrogens is 289 g/mol. The molecule has 1 aliphatic carbocycles. The third-order valence-electron chi connectivity index (χ3n) is 4.43. The molecule has 1 aliphatic heterocycles. The zero-order chi connectivity index (χ0) is 13.2. The molecule has 0 aromatic heterocycles. The standard InChI is InChI=1S/C14H22AsNO2/c1-14(15)8-2-4-10(5-3-9-14)11-6-7-12(17)16-13(11)18/h10-11H,2-9H2,1H3,(H,16,17,18). The molecule has 0 aromatic rings. The molecule has 2 aliphatic rings. The van der Waals surface area contributed by atoms with Crippen molar-refractivity contribution in [1.29, 1.82) is 0 Å². The van der Waals surface area contributed by atoms with Crippen LogP contribution in [0.1, 0.15) is 58.3 Å². The van der Waals surface area contributed by atoms with E-state index in [2.05, 4.69) is 29.1 Å². The first kappa shape index (κ1) is 14.1. The number of carbonyl (C=O) groups excluding carboxylic acids is 2. The van der Waals surface area contributed by atoms with Gasteiger partial charge < -0.3 is 0 Å². The molecule has 2 amide bonds. The van der Waals surface area contributed by atoms with Gasteiger partial charge in [0.05, 0.1) is 0 Å². The summed E-state index contributed by atoms with van der Waals surface area (Å²) in [5.74, 6) is 0.451. The van der Waals surface area contributed by atoms with E-state index < -0.39 is 0 Å². The van der Waals surface area contributed by atoms with Gasteiger partial charge in [-0.25, -0.2) is 0 Å². The van der Waals surface area contributed by atoms with Gasteiger partial charge in [0.25, 0.3) is 0 Å². The van der Waals surface area contributed by atoms with Gasteiger partial charge in [0.1, 0.15) is 0 Å². The third kappa shape index (κ3) is 3.60. The minimum atomic E-state index is -0.0967. The first-order valence-corrected chi connectivity index (χ1v) is 7.98. The second kappa shape index (κ2) is 5.77. The molecule has 1 saturated heterocycles. The molecule has 0 spiro atoms. The molecule has 1 N–H and O–H groups in total. The summed E-state index contributed by atoms with van der Waals surface area (Å²) in [6.07, 6.45) is 8.43. The van der Waals surface area contributed by atoms with Crippen LogP contribution in [0.3, 0.4) is 0 Å². The van der Waals surface area contributed by atoms with E-state index in [0.29, 0.717) is 16.5 Å². The fourth-order valence-corrected chi connectivity index (χ4v) is 3.99. The molecule has 0 aromatic carbocycles. The summed E-state index contributed by atoms with van der Waals surface area (Å²) in [7, 11) is 0. The van der Waals surface area contributed by atoms with Crippen molar-refractivity contribution in [2.45, 2.75) is 62.5 Å². The third-order valence-corrected chi connectivity index (χ3v) is 5.37. The molecular formula is C14H22AsNO2. The number of imide groups is 1. The summed E-state index contributed by atoms with van der Waals surface area (Å²) in [6.45, 7) is 2.32. The van der Waals surface area contributed by atoms with E-state index in [4.69, 9.17) is 0 Å². The zero-order valence-corrected chi connectivity index (χ0v) is 13.0. The van der Waals surface area contributed by atoms with Gasteiger partial charge >= 0.3 is 118 Å². The second-order valence-corrected chi connectivity index (χ2v) is 8.36. The Balaban J connectivity index is 1.93. The average molecular weight is 311 g/mol. The van der Waals surface area contributed by atoms with E-state index in [0.717, 1.165) is 19.3 Å². The van der Waals surface area contributed by atoms with Gasteiger partial charge in [0.2, 0.25) is 0 Å². The maximum atomic E-state index is 11.9. The van der Waals surface area contributed by atoms with Crippen molar-refractivity contribution < 1.29 is 9.59 Å². The van der Waals surface area contributed by atoms with Crippen LogP contribution in [0, 0.1) is 11.8 Å². The van der Waals surface area contributed by atoms with Gasteiger partial charge in [-0.05, 0) is 0 Å². The van der Waals surface area contributed by atoms with Crippen LogP contribution in [0.2, 0.25) is 4.20 Å². The number of piperidine rings is 1. The van der Waals surface area contributed by atoms with Crippen LogP contribution in [-0.2, 0) is 9.59 Å². The minimum absolute atomic E-state index is 0.0214. The van der Waals surface area contributed by atoms with Gasteiger partial charge in [-0.2, -0.15) is 0 Å². The summed E-state index contributed by atoms with van der Waals surface area (Å²) in [4.78, 5) is 23.1. The van der Waals surface area contributed by atoms with Crippen molar-refractivity contribution in [3.8, 4) is 0 Å². The van der Waals surface area contributed by atoms with Crippen LogP contribution in [-0.4, -0.2) is 28.7 Å². The van der Waals surface area contributed by atoms with Gasteiger partial charge in [-0.1, -0.05) is 0 Å². The Bertz CT molecular complexity index is 329. The van der Waals surface area contributed by atoms with Crippen molar-refractivity contribution >= 4 is 28.7 Å². The molecule has 18 heavy (non-hydrogen) atoms. The van der Waals surface area contributed by atoms with Crippen molar-refractivity contribution in [1.82, 2.24) is 5.32 Å². The quantitative estimate of drug-likeness (QED) is 0.597. The molecule has 3 nitrogen and oxygen atoms in total. The maximum absolute atomic E-state index is 11.9. The fourth-order valence-electron chi connectivity index (χ4n) is 3.32. The van der Waals surface area contributed by atoms with E-state index in [-0.39, 0.29) is 17.7 Å². The number of hydrogen-bond donors (Lipinski definition) is 1. The SMILES string of the molecule is CC1([As])CCCC(C2CCC(=O)NC2=O)CCC1. The van der Waals surface area contributed by atoms with E-state index in [1.807, 2.05) is 0 Å². The monoisotopic (exact) mass is 311 g/mol.